The van der Waals surface area contributed by atoms with Crippen molar-refractivity contribution in [2.75, 3.05) is 18.9 Å². The van der Waals surface area contributed by atoms with Gasteiger partial charge in [0.15, 0.2) is 5.82 Å². The lowest BCUT2D eigenvalue weighted by Crippen LogP contribution is -2.51. The third-order valence-corrected chi connectivity index (χ3v) is 4.48. The van der Waals surface area contributed by atoms with Gasteiger partial charge >= 0.3 is 0 Å². The Kier molecular flexibility index (Phi) is 4.98. The maximum absolute atomic E-state index is 12.4. The fourth-order valence-corrected chi connectivity index (χ4v) is 3.27. The summed E-state index contributed by atoms with van der Waals surface area (Å²) in [6.45, 7) is 8.34. The van der Waals surface area contributed by atoms with Crippen molar-refractivity contribution in [1.82, 2.24) is 14.9 Å². The summed E-state index contributed by atoms with van der Waals surface area (Å²) in [5.41, 5.74) is 6.92. The monoisotopic (exact) mass is 372 g/mol. The quantitative estimate of drug-likeness (QED) is 0.836. The van der Waals surface area contributed by atoms with Gasteiger partial charge in [-0.1, -0.05) is 18.2 Å². The molecule has 0 aliphatic carbocycles. The van der Waals surface area contributed by atoms with Crippen molar-refractivity contribution in [3.8, 4) is 11.4 Å². The van der Waals surface area contributed by atoms with Gasteiger partial charge in [0.05, 0.1) is 24.8 Å². The molecule has 7 heteroatoms. The molecule has 1 saturated heterocycles. The lowest BCUT2D eigenvalue weighted by atomic mass is 9.97. The van der Waals surface area contributed by atoms with Gasteiger partial charge in [0.1, 0.15) is 5.82 Å². The highest BCUT2D eigenvalue weighted by Crippen LogP contribution is 2.34. The molecule has 136 valence electrons. The third kappa shape index (κ3) is 3.86. The van der Waals surface area contributed by atoms with Crippen LogP contribution in [0.15, 0.2) is 43.1 Å². The van der Waals surface area contributed by atoms with Gasteiger partial charge in [-0.25, -0.2) is 9.97 Å². The molecule has 1 amide bonds. The number of nitrogens with two attached hydrogens (primary N) is 1. The van der Waals surface area contributed by atoms with E-state index < -0.39 is 5.60 Å². The molecule has 1 aliphatic heterocycles. The van der Waals surface area contributed by atoms with E-state index in [0.717, 1.165) is 11.1 Å². The predicted octanol–water partition coefficient (Wildman–Crippen LogP) is 3.24. The van der Waals surface area contributed by atoms with Gasteiger partial charge < -0.3 is 15.4 Å². The van der Waals surface area contributed by atoms with E-state index in [1.54, 1.807) is 23.2 Å². The minimum absolute atomic E-state index is 0.145. The Morgan fingerprint density at radius 1 is 1.46 bits per heavy atom. The number of nitrogen functional groups attached to an aromatic ring is 1. The Hall–Kier alpha value is -2.44. The number of anilines is 1. The van der Waals surface area contributed by atoms with E-state index in [2.05, 4.69) is 16.5 Å². The number of benzene rings is 1. The number of rotatable bonds is 3. The summed E-state index contributed by atoms with van der Waals surface area (Å²) in [5.74, 6) is 0.711. The first-order valence-corrected chi connectivity index (χ1v) is 8.63. The second-order valence-electron chi connectivity index (χ2n) is 6.84. The summed E-state index contributed by atoms with van der Waals surface area (Å²) < 4.78 is 5.94. The average Bonchev–Trinajstić information content (AvgIpc) is 2.59. The Bertz CT molecular complexity index is 853. The summed E-state index contributed by atoms with van der Waals surface area (Å²) in [7, 11) is 0. The van der Waals surface area contributed by atoms with E-state index in [-0.39, 0.29) is 11.9 Å². The number of carbonyl (C=O) groups is 1. The van der Waals surface area contributed by atoms with Crippen LogP contribution in [0.2, 0.25) is 5.02 Å². The maximum Gasteiger partial charge on any atom is 0.246 e. The van der Waals surface area contributed by atoms with Gasteiger partial charge in [0.25, 0.3) is 0 Å². The number of nitrogens with zero attached hydrogens (tertiary/aromatic N) is 3. The molecule has 1 aromatic heterocycles. The Labute approximate surface area is 157 Å². The number of carbonyl (C=O) groups excluding carboxylic acids is 1. The molecule has 6 nitrogen and oxygen atoms in total. The molecule has 26 heavy (non-hydrogen) atoms. The highest BCUT2D eigenvalue weighted by Gasteiger charge is 2.36. The standard InChI is InChI=1S/C19H21ClN4O2/c1-4-17(25)24-11-19(2,3)26-10-15(24)12-7-13(9-14(20)8-12)18-22-6-5-16(21)23-18/h4-9,15H,1,10-11H2,2-3H3,(H2,21,22,23)/t15-/m0/s1. The zero-order valence-electron chi connectivity index (χ0n) is 14.8. The highest BCUT2D eigenvalue weighted by molar-refractivity contribution is 6.31. The predicted molar refractivity (Wildman–Crippen MR) is 102 cm³/mol. The van der Waals surface area contributed by atoms with Crippen molar-refractivity contribution in [2.24, 2.45) is 0 Å². The number of morpholine rings is 1. The highest BCUT2D eigenvalue weighted by atomic mass is 35.5. The van der Waals surface area contributed by atoms with Crippen LogP contribution in [0.4, 0.5) is 5.82 Å². The van der Waals surface area contributed by atoms with Crippen molar-refractivity contribution < 1.29 is 9.53 Å². The number of amides is 1. The lowest BCUT2D eigenvalue weighted by Gasteiger charge is -2.43. The van der Waals surface area contributed by atoms with Crippen LogP contribution in [0.5, 0.6) is 0 Å². The minimum atomic E-state index is -0.423. The normalized spacial score (nSPS) is 19.2. The maximum atomic E-state index is 12.4. The molecule has 2 aromatic rings. The van der Waals surface area contributed by atoms with Crippen LogP contribution in [0.3, 0.4) is 0 Å². The fraction of sp³-hybridized carbons (Fsp3) is 0.316. The van der Waals surface area contributed by atoms with Gasteiger partial charge in [-0.05, 0) is 49.8 Å². The zero-order chi connectivity index (χ0) is 18.9. The molecule has 0 saturated carbocycles. The molecule has 0 bridgehead atoms. The van der Waals surface area contributed by atoms with E-state index in [0.29, 0.717) is 29.8 Å². The number of hydrogen-bond acceptors (Lipinski definition) is 5. The van der Waals surface area contributed by atoms with Crippen molar-refractivity contribution in [1.29, 1.82) is 0 Å². The van der Waals surface area contributed by atoms with Crippen molar-refractivity contribution in [2.45, 2.75) is 25.5 Å². The SMILES string of the molecule is C=CC(=O)N1CC(C)(C)OC[C@H]1c1cc(Cl)cc(-c2nccc(N)n2)c1. The van der Waals surface area contributed by atoms with E-state index in [1.165, 1.54) is 6.08 Å². The first kappa shape index (κ1) is 18.4. The van der Waals surface area contributed by atoms with Gasteiger partial charge in [0.2, 0.25) is 5.91 Å². The first-order valence-electron chi connectivity index (χ1n) is 8.25. The summed E-state index contributed by atoms with van der Waals surface area (Å²) in [4.78, 5) is 22.7. The van der Waals surface area contributed by atoms with Gasteiger partial charge in [-0.2, -0.15) is 0 Å². The van der Waals surface area contributed by atoms with E-state index in [9.17, 15) is 4.79 Å². The Morgan fingerprint density at radius 3 is 2.92 bits per heavy atom. The topological polar surface area (TPSA) is 81.3 Å². The number of ether oxygens (including phenoxy) is 1. The van der Waals surface area contributed by atoms with Crippen LogP contribution in [0.1, 0.15) is 25.5 Å². The summed E-state index contributed by atoms with van der Waals surface area (Å²) in [6, 6.07) is 6.86. The molecule has 2 heterocycles. The van der Waals surface area contributed by atoms with Crippen LogP contribution in [0, 0.1) is 0 Å². The number of aromatic nitrogens is 2. The van der Waals surface area contributed by atoms with E-state index in [4.69, 9.17) is 22.1 Å². The molecule has 1 aliphatic rings. The van der Waals surface area contributed by atoms with Gasteiger partial charge in [-0.3, -0.25) is 4.79 Å². The molecular weight excluding hydrogens is 352 g/mol. The molecule has 1 atom stereocenters. The van der Waals surface area contributed by atoms with Gasteiger partial charge in [0, 0.05) is 16.8 Å². The molecule has 0 unspecified atom stereocenters. The third-order valence-electron chi connectivity index (χ3n) is 4.26. The zero-order valence-corrected chi connectivity index (χ0v) is 15.5. The number of halogens is 1. The van der Waals surface area contributed by atoms with Crippen LogP contribution < -0.4 is 5.73 Å². The summed E-state index contributed by atoms with van der Waals surface area (Å²) in [5, 5.41) is 0.527. The summed E-state index contributed by atoms with van der Waals surface area (Å²) in [6.07, 6.45) is 2.92. The van der Waals surface area contributed by atoms with Crippen molar-refractivity contribution in [3.63, 3.8) is 0 Å². The molecule has 1 fully saturated rings. The molecule has 3 rings (SSSR count). The first-order chi connectivity index (χ1) is 12.3. The van der Waals surface area contributed by atoms with Crippen LogP contribution in [0.25, 0.3) is 11.4 Å². The number of hydrogen-bond donors (Lipinski definition) is 1. The van der Waals surface area contributed by atoms with Gasteiger partial charge in [-0.15, -0.1) is 0 Å². The molecule has 2 N–H and O–H groups in total. The van der Waals surface area contributed by atoms with E-state index >= 15 is 0 Å². The van der Waals surface area contributed by atoms with Crippen LogP contribution in [-0.4, -0.2) is 39.5 Å². The molecular formula is C19H21ClN4O2. The van der Waals surface area contributed by atoms with Crippen molar-refractivity contribution in [3.05, 3.63) is 53.7 Å². The second kappa shape index (κ2) is 7.05. The molecule has 0 spiro atoms. The van der Waals surface area contributed by atoms with Crippen molar-refractivity contribution >= 4 is 23.3 Å². The fourth-order valence-electron chi connectivity index (χ4n) is 3.03. The Morgan fingerprint density at radius 2 is 2.23 bits per heavy atom. The van der Waals surface area contributed by atoms with E-state index in [1.807, 2.05) is 26.0 Å². The second-order valence-corrected chi connectivity index (χ2v) is 7.27. The Balaban J connectivity index is 2.02. The average molecular weight is 373 g/mol. The molecule has 1 aromatic carbocycles. The van der Waals surface area contributed by atoms with Crippen LogP contribution in [-0.2, 0) is 9.53 Å². The smallest absolute Gasteiger partial charge is 0.246 e. The molecule has 0 radical (unpaired) electrons. The van der Waals surface area contributed by atoms with Crippen LogP contribution >= 0.6 is 11.6 Å². The lowest BCUT2D eigenvalue weighted by molar-refractivity contribution is -0.151. The largest absolute Gasteiger partial charge is 0.384 e. The minimum Gasteiger partial charge on any atom is -0.384 e. The summed E-state index contributed by atoms with van der Waals surface area (Å²) >= 11 is 6.32.